The number of para-hydroxylation sites is 1. The maximum absolute atomic E-state index is 13.3. The number of aromatic amines is 1. The number of benzene rings is 2. The van der Waals surface area contributed by atoms with Crippen LogP contribution in [-0.2, 0) is 5.41 Å². The van der Waals surface area contributed by atoms with Gasteiger partial charge in [0.25, 0.3) is 5.91 Å². The molecular formula is C27H37N3O. The quantitative estimate of drug-likeness (QED) is 0.600. The summed E-state index contributed by atoms with van der Waals surface area (Å²) in [4.78, 5) is 21.0. The Kier molecular flexibility index (Phi) is 6.19. The standard InChI is InChI=1S/C25H29N3O.C2H6.H2/c1-18-7-9-19(10-8-18)25(11-4-12-25)22-17-26-23-20(22)5-3-6-21(23)24(29)28-15-13-27(2)14-16-28;1-2;/h3,5-10,17,26H,4,11-16H2,1-2H3;1-2H3;1H. The monoisotopic (exact) mass is 419 g/mol. The Morgan fingerprint density at radius 1 is 1.00 bits per heavy atom. The van der Waals surface area contributed by atoms with Gasteiger partial charge in [-0.25, -0.2) is 0 Å². The minimum absolute atomic E-state index is 0. The Balaban J connectivity index is 0.000000938. The SMILES string of the molecule is CC.Cc1ccc(C2(c3c[nH]c4c(C(=O)N5CCN(C)CC5)cccc34)CCC2)cc1.[HH]. The van der Waals surface area contributed by atoms with E-state index in [1.807, 2.05) is 30.9 Å². The van der Waals surface area contributed by atoms with E-state index in [1.54, 1.807) is 0 Å². The van der Waals surface area contributed by atoms with Crippen LogP contribution in [0.25, 0.3) is 10.9 Å². The Bertz CT molecular complexity index is 1040. The maximum atomic E-state index is 13.3. The Labute approximate surface area is 187 Å². The number of nitrogens with one attached hydrogen (secondary N) is 1. The number of H-pyrrole nitrogens is 1. The lowest BCUT2D eigenvalue weighted by Crippen LogP contribution is -2.47. The first-order chi connectivity index (χ1) is 15.1. The molecule has 1 aliphatic carbocycles. The molecule has 1 aromatic heterocycles. The van der Waals surface area contributed by atoms with E-state index in [0.29, 0.717) is 0 Å². The number of amides is 1. The number of rotatable bonds is 3. The molecule has 166 valence electrons. The lowest BCUT2D eigenvalue weighted by Gasteiger charge is -2.43. The van der Waals surface area contributed by atoms with Gasteiger partial charge < -0.3 is 14.8 Å². The van der Waals surface area contributed by atoms with E-state index in [2.05, 4.69) is 60.4 Å². The van der Waals surface area contributed by atoms with Crippen molar-refractivity contribution >= 4 is 16.8 Å². The first-order valence-corrected chi connectivity index (χ1v) is 11.7. The number of carbonyl (C=O) groups excluding carboxylic acids is 1. The fourth-order valence-corrected chi connectivity index (χ4v) is 5.02. The normalized spacial score (nSPS) is 18.3. The summed E-state index contributed by atoms with van der Waals surface area (Å²) in [5.41, 5.74) is 5.90. The third-order valence-corrected chi connectivity index (χ3v) is 7.06. The molecule has 5 rings (SSSR count). The van der Waals surface area contributed by atoms with Crippen LogP contribution in [0, 0.1) is 6.92 Å². The fraction of sp³-hybridized carbons (Fsp3) is 0.444. The van der Waals surface area contributed by atoms with E-state index in [9.17, 15) is 4.79 Å². The summed E-state index contributed by atoms with van der Waals surface area (Å²) < 4.78 is 0. The van der Waals surface area contributed by atoms with Gasteiger partial charge in [-0.1, -0.05) is 62.2 Å². The predicted molar refractivity (Wildman–Crippen MR) is 131 cm³/mol. The topological polar surface area (TPSA) is 39.3 Å². The molecule has 0 bridgehead atoms. The van der Waals surface area contributed by atoms with Crippen molar-refractivity contribution in [3.05, 3.63) is 70.9 Å². The minimum atomic E-state index is 0. The minimum Gasteiger partial charge on any atom is -0.360 e. The van der Waals surface area contributed by atoms with Crippen molar-refractivity contribution < 1.29 is 6.22 Å². The highest BCUT2D eigenvalue weighted by Crippen LogP contribution is 2.51. The second-order valence-corrected chi connectivity index (χ2v) is 8.83. The van der Waals surface area contributed by atoms with Crippen LogP contribution in [0.2, 0.25) is 0 Å². The summed E-state index contributed by atoms with van der Waals surface area (Å²) >= 11 is 0. The maximum Gasteiger partial charge on any atom is 0.256 e. The molecule has 0 spiro atoms. The summed E-state index contributed by atoms with van der Waals surface area (Å²) in [5.74, 6) is 0.148. The summed E-state index contributed by atoms with van der Waals surface area (Å²) in [6.45, 7) is 9.61. The van der Waals surface area contributed by atoms with E-state index >= 15 is 0 Å². The lowest BCUT2D eigenvalue weighted by molar-refractivity contribution is 0.0666. The van der Waals surface area contributed by atoms with Gasteiger partial charge in [-0.05, 0) is 44.0 Å². The van der Waals surface area contributed by atoms with Crippen LogP contribution in [0.4, 0.5) is 0 Å². The molecule has 1 saturated heterocycles. The molecule has 1 aliphatic heterocycles. The molecule has 2 heterocycles. The van der Waals surface area contributed by atoms with Gasteiger partial charge in [-0.2, -0.15) is 0 Å². The number of hydrogen-bond acceptors (Lipinski definition) is 2. The molecule has 0 unspecified atom stereocenters. The van der Waals surface area contributed by atoms with E-state index in [4.69, 9.17) is 0 Å². The molecule has 4 nitrogen and oxygen atoms in total. The van der Waals surface area contributed by atoms with Gasteiger partial charge >= 0.3 is 0 Å². The fourth-order valence-electron chi connectivity index (χ4n) is 5.02. The zero-order valence-corrected chi connectivity index (χ0v) is 19.4. The van der Waals surface area contributed by atoms with Crippen molar-refractivity contribution in [1.82, 2.24) is 14.8 Å². The molecule has 1 saturated carbocycles. The van der Waals surface area contributed by atoms with Gasteiger partial charge in [0.2, 0.25) is 0 Å². The first kappa shape index (κ1) is 21.6. The first-order valence-electron chi connectivity index (χ1n) is 11.7. The van der Waals surface area contributed by atoms with E-state index in [-0.39, 0.29) is 12.7 Å². The molecule has 1 amide bonds. The third-order valence-electron chi connectivity index (χ3n) is 7.06. The Morgan fingerprint density at radius 3 is 2.29 bits per heavy atom. The number of aromatic nitrogens is 1. The second-order valence-electron chi connectivity index (χ2n) is 8.83. The highest BCUT2D eigenvalue weighted by molar-refractivity contribution is 6.06. The van der Waals surface area contributed by atoms with Crippen LogP contribution in [0.15, 0.2) is 48.7 Å². The van der Waals surface area contributed by atoms with Crippen molar-refractivity contribution in [1.29, 1.82) is 0 Å². The summed E-state index contributed by atoms with van der Waals surface area (Å²) in [6.07, 6.45) is 5.74. The van der Waals surface area contributed by atoms with Crippen molar-refractivity contribution in [3.63, 3.8) is 0 Å². The summed E-state index contributed by atoms with van der Waals surface area (Å²) in [5, 5.41) is 1.20. The number of carbonyl (C=O) groups is 1. The van der Waals surface area contributed by atoms with Gasteiger partial charge in [0.1, 0.15) is 0 Å². The second kappa shape index (κ2) is 8.88. The number of hydrogen-bond donors (Lipinski definition) is 1. The zero-order chi connectivity index (χ0) is 22.0. The van der Waals surface area contributed by atoms with E-state index < -0.39 is 0 Å². The molecule has 0 radical (unpaired) electrons. The van der Waals surface area contributed by atoms with Crippen molar-refractivity contribution in [2.24, 2.45) is 0 Å². The average Bonchev–Trinajstić information content (AvgIpc) is 3.20. The smallest absolute Gasteiger partial charge is 0.256 e. The van der Waals surface area contributed by atoms with Crippen molar-refractivity contribution in [2.45, 2.75) is 45.4 Å². The molecule has 3 aromatic rings. The lowest BCUT2D eigenvalue weighted by atomic mass is 9.60. The highest BCUT2D eigenvalue weighted by atomic mass is 16.2. The van der Waals surface area contributed by atoms with Gasteiger partial charge in [-0.3, -0.25) is 4.79 Å². The van der Waals surface area contributed by atoms with E-state index in [1.165, 1.54) is 41.3 Å². The molecule has 31 heavy (non-hydrogen) atoms. The number of fused-ring (bicyclic) bond motifs is 1. The van der Waals surface area contributed by atoms with Crippen molar-refractivity contribution in [2.75, 3.05) is 33.2 Å². The average molecular weight is 420 g/mol. The molecule has 2 fully saturated rings. The number of piperazine rings is 1. The Hall–Kier alpha value is -2.59. The van der Waals surface area contributed by atoms with Crippen LogP contribution >= 0.6 is 0 Å². The van der Waals surface area contributed by atoms with Crippen LogP contribution in [0.1, 0.15) is 61.6 Å². The number of likely N-dealkylation sites (N-methyl/N-ethyl adjacent to an activating group) is 1. The molecule has 2 aliphatic rings. The zero-order valence-electron chi connectivity index (χ0n) is 19.4. The molecule has 4 heteroatoms. The summed E-state index contributed by atoms with van der Waals surface area (Å²) in [7, 11) is 2.11. The number of aryl methyl sites for hydroxylation is 1. The molecule has 0 atom stereocenters. The van der Waals surface area contributed by atoms with Gasteiger partial charge in [0.15, 0.2) is 0 Å². The van der Waals surface area contributed by atoms with Crippen LogP contribution in [-0.4, -0.2) is 53.9 Å². The number of nitrogens with zero attached hydrogens (tertiary/aromatic N) is 2. The van der Waals surface area contributed by atoms with E-state index in [0.717, 1.165) is 37.3 Å². The highest BCUT2D eigenvalue weighted by Gasteiger charge is 2.42. The van der Waals surface area contributed by atoms with Crippen molar-refractivity contribution in [3.8, 4) is 0 Å². The van der Waals surface area contributed by atoms with Crippen LogP contribution in [0.3, 0.4) is 0 Å². The van der Waals surface area contributed by atoms with Gasteiger partial charge in [-0.15, -0.1) is 0 Å². The van der Waals surface area contributed by atoms with Gasteiger partial charge in [0, 0.05) is 44.6 Å². The van der Waals surface area contributed by atoms with Crippen LogP contribution < -0.4 is 0 Å². The largest absolute Gasteiger partial charge is 0.360 e. The molecule has 2 aromatic carbocycles. The molecule has 1 N–H and O–H groups in total. The predicted octanol–water partition coefficient (Wildman–Crippen LogP) is 5.61. The third kappa shape index (κ3) is 3.78. The van der Waals surface area contributed by atoms with Gasteiger partial charge in [0.05, 0.1) is 11.1 Å². The molecular weight excluding hydrogens is 382 g/mol. The summed E-state index contributed by atoms with van der Waals surface area (Å²) in [6, 6.07) is 15.2. The Morgan fingerprint density at radius 2 is 1.68 bits per heavy atom. The van der Waals surface area contributed by atoms with Crippen LogP contribution in [0.5, 0.6) is 0 Å².